The predicted molar refractivity (Wildman–Crippen MR) is 118 cm³/mol. The summed E-state index contributed by atoms with van der Waals surface area (Å²) in [7, 11) is -3.87. The zero-order valence-electron chi connectivity index (χ0n) is 17.9. The van der Waals surface area contributed by atoms with Gasteiger partial charge in [-0.1, -0.05) is 24.3 Å². The summed E-state index contributed by atoms with van der Waals surface area (Å²) in [6, 6.07) is 11.9. The van der Waals surface area contributed by atoms with E-state index in [2.05, 4.69) is 16.3 Å². The zero-order chi connectivity index (χ0) is 22.6. The minimum Gasteiger partial charge on any atom is -0.379 e. The number of benzene rings is 2. The molecule has 1 N–H and O–H groups in total. The first-order chi connectivity index (χ1) is 15.4. The van der Waals surface area contributed by atoms with E-state index in [0.29, 0.717) is 19.4 Å². The van der Waals surface area contributed by atoms with Crippen molar-refractivity contribution < 1.29 is 22.3 Å². The van der Waals surface area contributed by atoms with Crippen LogP contribution in [0.3, 0.4) is 0 Å². The van der Waals surface area contributed by atoms with Gasteiger partial charge in [-0.25, -0.2) is 12.8 Å². The molecule has 0 spiro atoms. The molecule has 2 aromatic rings. The van der Waals surface area contributed by atoms with Crippen molar-refractivity contribution in [1.29, 1.82) is 0 Å². The molecule has 0 unspecified atom stereocenters. The highest BCUT2D eigenvalue weighted by molar-refractivity contribution is 7.89. The number of nitrogens with one attached hydrogen (secondary N) is 1. The van der Waals surface area contributed by atoms with Gasteiger partial charge in [0.15, 0.2) is 0 Å². The number of halogens is 1. The van der Waals surface area contributed by atoms with Gasteiger partial charge < -0.3 is 10.1 Å². The fourth-order valence-corrected chi connectivity index (χ4v) is 5.87. The standard InChI is InChI=1S/C23H28FN3O4S/c24-20-7-9-21(10-8-20)32(29,30)27-11-3-6-22(27)23(28)25-16-18-4-1-2-5-19(18)17-26-12-14-31-15-13-26/h1-2,4-5,7-10,22H,3,6,11-17H2,(H,25,28)/t22-/m0/s1. The molecule has 1 atom stereocenters. The van der Waals surface area contributed by atoms with Crippen LogP contribution in [0.4, 0.5) is 4.39 Å². The molecule has 32 heavy (non-hydrogen) atoms. The van der Waals surface area contributed by atoms with E-state index in [0.717, 1.165) is 56.1 Å². The molecule has 0 aliphatic carbocycles. The molecule has 1 amide bonds. The Morgan fingerprint density at radius 1 is 1.03 bits per heavy atom. The number of carbonyl (C=O) groups excluding carboxylic acids is 1. The lowest BCUT2D eigenvalue weighted by Crippen LogP contribution is -2.45. The summed E-state index contributed by atoms with van der Waals surface area (Å²) in [5.41, 5.74) is 2.15. The number of sulfonamides is 1. The van der Waals surface area contributed by atoms with E-state index in [1.54, 1.807) is 0 Å². The van der Waals surface area contributed by atoms with Crippen molar-refractivity contribution in [1.82, 2.24) is 14.5 Å². The Hall–Kier alpha value is -2.33. The topological polar surface area (TPSA) is 79.0 Å². The average Bonchev–Trinajstić information content (AvgIpc) is 3.30. The van der Waals surface area contributed by atoms with E-state index in [1.165, 1.54) is 16.4 Å². The summed E-state index contributed by atoms with van der Waals surface area (Å²) in [4.78, 5) is 15.3. The van der Waals surface area contributed by atoms with Crippen LogP contribution >= 0.6 is 0 Å². The molecule has 172 valence electrons. The van der Waals surface area contributed by atoms with Crippen LogP contribution in [0.15, 0.2) is 53.4 Å². The van der Waals surface area contributed by atoms with Gasteiger partial charge in [-0.15, -0.1) is 0 Å². The van der Waals surface area contributed by atoms with E-state index >= 15 is 0 Å². The third-order valence-corrected chi connectivity index (χ3v) is 7.92. The number of morpholine rings is 1. The van der Waals surface area contributed by atoms with Gasteiger partial charge in [-0.2, -0.15) is 4.31 Å². The van der Waals surface area contributed by atoms with E-state index in [-0.39, 0.29) is 17.3 Å². The monoisotopic (exact) mass is 461 g/mol. The van der Waals surface area contributed by atoms with E-state index < -0.39 is 21.9 Å². The molecular weight excluding hydrogens is 433 g/mol. The van der Waals surface area contributed by atoms with Crippen LogP contribution in [-0.4, -0.2) is 62.4 Å². The van der Waals surface area contributed by atoms with Crippen molar-refractivity contribution in [2.75, 3.05) is 32.8 Å². The maximum atomic E-state index is 13.2. The van der Waals surface area contributed by atoms with Crippen molar-refractivity contribution in [2.24, 2.45) is 0 Å². The number of hydrogen-bond donors (Lipinski definition) is 1. The van der Waals surface area contributed by atoms with Crippen LogP contribution in [0.5, 0.6) is 0 Å². The van der Waals surface area contributed by atoms with Crippen molar-refractivity contribution in [3.05, 3.63) is 65.5 Å². The SMILES string of the molecule is O=C(NCc1ccccc1CN1CCOCC1)[C@@H]1CCCN1S(=O)(=O)c1ccc(F)cc1. The summed E-state index contributed by atoms with van der Waals surface area (Å²) in [6.45, 7) is 4.57. The highest BCUT2D eigenvalue weighted by atomic mass is 32.2. The van der Waals surface area contributed by atoms with Crippen LogP contribution < -0.4 is 5.32 Å². The van der Waals surface area contributed by atoms with Gasteiger partial charge in [-0.05, 0) is 48.2 Å². The lowest BCUT2D eigenvalue weighted by Gasteiger charge is -2.27. The van der Waals surface area contributed by atoms with Crippen molar-refractivity contribution >= 4 is 15.9 Å². The Morgan fingerprint density at radius 2 is 1.72 bits per heavy atom. The second-order valence-corrected chi connectivity index (χ2v) is 9.99. The molecule has 9 heteroatoms. The Balaban J connectivity index is 1.42. The molecule has 7 nitrogen and oxygen atoms in total. The number of hydrogen-bond acceptors (Lipinski definition) is 5. The smallest absolute Gasteiger partial charge is 0.243 e. The van der Waals surface area contributed by atoms with Crippen LogP contribution in [-0.2, 0) is 32.6 Å². The highest BCUT2D eigenvalue weighted by Gasteiger charge is 2.39. The van der Waals surface area contributed by atoms with Gasteiger partial charge in [0.25, 0.3) is 0 Å². The largest absolute Gasteiger partial charge is 0.379 e. The molecule has 2 saturated heterocycles. The van der Waals surface area contributed by atoms with E-state index in [1.807, 2.05) is 18.2 Å². The Bertz CT molecular complexity index is 1040. The molecule has 0 radical (unpaired) electrons. The van der Waals surface area contributed by atoms with Gasteiger partial charge in [0.2, 0.25) is 15.9 Å². The second-order valence-electron chi connectivity index (χ2n) is 8.10. The highest BCUT2D eigenvalue weighted by Crippen LogP contribution is 2.26. The van der Waals surface area contributed by atoms with Gasteiger partial charge in [0.1, 0.15) is 11.9 Å². The quantitative estimate of drug-likeness (QED) is 0.684. The first-order valence-electron chi connectivity index (χ1n) is 10.9. The Morgan fingerprint density at radius 3 is 2.44 bits per heavy atom. The molecule has 2 aliphatic heterocycles. The fourth-order valence-electron chi connectivity index (χ4n) is 4.22. The molecule has 2 aromatic carbocycles. The normalized spacial score (nSPS) is 20.3. The first-order valence-corrected chi connectivity index (χ1v) is 12.3. The number of ether oxygens (including phenoxy) is 1. The zero-order valence-corrected chi connectivity index (χ0v) is 18.7. The molecular formula is C23H28FN3O4S. The van der Waals surface area contributed by atoms with Crippen LogP contribution in [0.25, 0.3) is 0 Å². The summed E-state index contributed by atoms with van der Waals surface area (Å²) in [6.07, 6.45) is 1.06. The van der Waals surface area contributed by atoms with Gasteiger partial charge >= 0.3 is 0 Å². The Kier molecular flexibility index (Phi) is 7.20. The molecule has 2 aliphatic rings. The van der Waals surface area contributed by atoms with Gasteiger partial charge in [0, 0.05) is 32.7 Å². The number of carbonyl (C=O) groups is 1. The van der Waals surface area contributed by atoms with Crippen molar-refractivity contribution in [3.63, 3.8) is 0 Å². The summed E-state index contributed by atoms with van der Waals surface area (Å²) in [5.74, 6) is -0.815. The third kappa shape index (κ3) is 5.17. The number of rotatable bonds is 7. The summed E-state index contributed by atoms with van der Waals surface area (Å²) < 4.78 is 45.9. The average molecular weight is 462 g/mol. The van der Waals surface area contributed by atoms with Crippen LogP contribution in [0, 0.1) is 5.82 Å². The van der Waals surface area contributed by atoms with Crippen molar-refractivity contribution in [2.45, 2.75) is 36.9 Å². The molecule has 0 aromatic heterocycles. The Labute approximate surface area is 188 Å². The molecule has 0 bridgehead atoms. The maximum Gasteiger partial charge on any atom is 0.243 e. The van der Waals surface area contributed by atoms with E-state index in [4.69, 9.17) is 4.74 Å². The predicted octanol–water partition coefficient (Wildman–Crippen LogP) is 2.13. The minimum atomic E-state index is -3.87. The van der Waals surface area contributed by atoms with Crippen molar-refractivity contribution in [3.8, 4) is 0 Å². The second kappa shape index (κ2) is 10.1. The molecule has 2 heterocycles. The van der Waals surface area contributed by atoms with Gasteiger partial charge in [0.05, 0.1) is 18.1 Å². The summed E-state index contributed by atoms with van der Waals surface area (Å²) in [5, 5.41) is 2.93. The maximum absolute atomic E-state index is 13.2. The third-order valence-electron chi connectivity index (χ3n) is 6.00. The van der Waals surface area contributed by atoms with Crippen LogP contribution in [0.1, 0.15) is 24.0 Å². The lowest BCUT2D eigenvalue weighted by molar-refractivity contribution is -0.124. The number of amides is 1. The van der Waals surface area contributed by atoms with Crippen LogP contribution in [0.2, 0.25) is 0 Å². The number of nitrogens with zero attached hydrogens (tertiary/aromatic N) is 2. The minimum absolute atomic E-state index is 0.00513. The first kappa shape index (κ1) is 22.8. The molecule has 0 saturated carbocycles. The molecule has 4 rings (SSSR count). The molecule has 2 fully saturated rings. The van der Waals surface area contributed by atoms with Gasteiger partial charge in [-0.3, -0.25) is 9.69 Å². The summed E-state index contributed by atoms with van der Waals surface area (Å²) >= 11 is 0. The van der Waals surface area contributed by atoms with E-state index in [9.17, 15) is 17.6 Å². The fraction of sp³-hybridized carbons (Fsp3) is 0.435. The lowest BCUT2D eigenvalue weighted by atomic mass is 10.1.